The molecule has 0 spiro atoms. The Morgan fingerprint density at radius 2 is 1.68 bits per heavy atom. The van der Waals surface area contributed by atoms with Crippen molar-refractivity contribution in [2.24, 2.45) is 5.92 Å². The Hall–Kier alpha value is -2.45. The molecule has 0 saturated carbocycles. The number of fused-ring (bicyclic) bond motifs is 1. The number of rotatable bonds is 8. The maximum atomic E-state index is 5.24. The van der Waals surface area contributed by atoms with Gasteiger partial charge in [0, 0.05) is 23.8 Å². The summed E-state index contributed by atoms with van der Waals surface area (Å²) in [6.45, 7) is 12.4. The van der Waals surface area contributed by atoms with Crippen LogP contribution >= 0.6 is 0 Å². The lowest BCUT2D eigenvalue weighted by Crippen LogP contribution is -2.28. The summed E-state index contributed by atoms with van der Waals surface area (Å²) in [5, 5.41) is 0. The SMILES string of the molecule is CCc1cccc(CC)c1-c1cc(CC(C)C)c(CN(C)[C@@H]2CCCc3ccccc32)c(C)n1. The van der Waals surface area contributed by atoms with E-state index in [1.807, 2.05) is 0 Å². The first-order valence-electron chi connectivity index (χ1n) is 13.3. The summed E-state index contributed by atoms with van der Waals surface area (Å²) in [6.07, 6.45) is 6.89. The molecule has 0 bridgehead atoms. The van der Waals surface area contributed by atoms with Crippen molar-refractivity contribution in [3.8, 4) is 11.3 Å². The Balaban J connectivity index is 1.73. The third-order valence-corrected chi connectivity index (χ3v) is 7.58. The van der Waals surface area contributed by atoms with Crippen molar-refractivity contribution in [1.82, 2.24) is 9.88 Å². The highest BCUT2D eigenvalue weighted by molar-refractivity contribution is 5.69. The van der Waals surface area contributed by atoms with Crippen LogP contribution in [0.3, 0.4) is 0 Å². The van der Waals surface area contributed by atoms with E-state index in [9.17, 15) is 0 Å². The van der Waals surface area contributed by atoms with Gasteiger partial charge in [0.1, 0.15) is 0 Å². The number of aryl methyl sites for hydroxylation is 4. The molecule has 0 radical (unpaired) electrons. The van der Waals surface area contributed by atoms with E-state index in [2.05, 4.69) is 95.1 Å². The number of hydrogen-bond acceptors (Lipinski definition) is 2. The number of pyridine rings is 1. The average molecular weight is 455 g/mol. The summed E-state index contributed by atoms with van der Waals surface area (Å²) in [5.74, 6) is 0.612. The van der Waals surface area contributed by atoms with Crippen molar-refractivity contribution < 1.29 is 0 Å². The van der Waals surface area contributed by atoms with Gasteiger partial charge in [-0.2, -0.15) is 0 Å². The van der Waals surface area contributed by atoms with Gasteiger partial charge in [0.05, 0.1) is 5.69 Å². The molecule has 0 N–H and O–H groups in total. The lowest BCUT2D eigenvalue weighted by Gasteiger charge is -2.34. The molecule has 1 atom stereocenters. The summed E-state index contributed by atoms with van der Waals surface area (Å²) >= 11 is 0. The third kappa shape index (κ3) is 5.13. The second kappa shape index (κ2) is 10.9. The predicted molar refractivity (Wildman–Crippen MR) is 145 cm³/mol. The average Bonchev–Trinajstić information content (AvgIpc) is 2.84. The smallest absolute Gasteiger partial charge is 0.0713 e. The standard InChI is InChI=1S/C32H42N2/c1-7-24-14-11-15-25(8-2)32(24)30-20-27(19-22(3)4)29(23(5)33-30)21-34(6)31-18-12-16-26-13-9-10-17-28(26)31/h9-11,13-15,17,20,22,31H,7-8,12,16,18-19,21H2,1-6H3/t31-/m1/s1. The first kappa shape index (κ1) is 24.7. The summed E-state index contributed by atoms with van der Waals surface area (Å²) in [5.41, 5.74) is 12.5. The van der Waals surface area contributed by atoms with E-state index >= 15 is 0 Å². The van der Waals surface area contributed by atoms with Gasteiger partial charge < -0.3 is 0 Å². The van der Waals surface area contributed by atoms with Gasteiger partial charge in [-0.3, -0.25) is 9.88 Å². The molecule has 1 aromatic heterocycles. The molecule has 0 fully saturated rings. The van der Waals surface area contributed by atoms with E-state index in [-0.39, 0.29) is 0 Å². The molecule has 180 valence electrons. The van der Waals surface area contributed by atoms with Crippen LogP contribution in [-0.4, -0.2) is 16.9 Å². The molecular formula is C32H42N2. The lowest BCUT2D eigenvalue weighted by atomic mass is 9.86. The van der Waals surface area contributed by atoms with Gasteiger partial charge >= 0.3 is 0 Å². The molecule has 34 heavy (non-hydrogen) atoms. The number of aromatic nitrogens is 1. The predicted octanol–water partition coefficient (Wildman–Crippen LogP) is 7.89. The van der Waals surface area contributed by atoms with Crippen molar-refractivity contribution in [2.45, 2.75) is 85.7 Å². The van der Waals surface area contributed by atoms with E-state index in [4.69, 9.17) is 4.98 Å². The molecule has 4 rings (SSSR count). The number of benzene rings is 2. The van der Waals surface area contributed by atoms with E-state index in [0.29, 0.717) is 12.0 Å². The van der Waals surface area contributed by atoms with Crippen LogP contribution in [0, 0.1) is 12.8 Å². The molecule has 2 nitrogen and oxygen atoms in total. The van der Waals surface area contributed by atoms with Crippen LogP contribution in [0.2, 0.25) is 0 Å². The summed E-state index contributed by atoms with van der Waals surface area (Å²) in [4.78, 5) is 7.82. The summed E-state index contributed by atoms with van der Waals surface area (Å²) < 4.78 is 0. The normalized spacial score (nSPS) is 15.7. The van der Waals surface area contributed by atoms with Gasteiger partial charge in [-0.1, -0.05) is 70.2 Å². The van der Waals surface area contributed by atoms with Crippen molar-refractivity contribution in [3.63, 3.8) is 0 Å². The van der Waals surface area contributed by atoms with Crippen LogP contribution in [0.4, 0.5) is 0 Å². The van der Waals surface area contributed by atoms with Gasteiger partial charge in [0.15, 0.2) is 0 Å². The minimum atomic E-state index is 0.489. The second-order valence-electron chi connectivity index (χ2n) is 10.5. The van der Waals surface area contributed by atoms with E-state index in [1.165, 1.54) is 63.9 Å². The lowest BCUT2D eigenvalue weighted by molar-refractivity contribution is 0.212. The molecule has 3 aromatic rings. The molecular weight excluding hydrogens is 412 g/mol. The van der Waals surface area contributed by atoms with Gasteiger partial charge in [0.2, 0.25) is 0 Å². The van der Waals surface area contributed by atoms with Crippen LogP contribution in [0.1, 0.15) is 85.7 Å². The molecule has 0 amide bonds. The number of nitrogens with zero attached hydrogens (tertiary/aromatic N) is 2. The van der Waals surface area contributed by atoms with E-state index < -0.39 is 0 Å². The quantitative estimate of drug-likeness (QED) is 0.344. The van der Waals surface area contributed by atoms with Crippen LogP contribution in [0.5, 0.6) is 0 Å². The Labute approximate surface area is 207 Å². The van der Waals surface area contributed by atoms with Crippen LogP contribution in [0.15, 0.2) is 48.5 Å². The zero-order valence-corrected chi connectivity index (χ0v) is 22.1. The maximum Gasteiger partial charge on any atom is 0.0713 e. The topological polar surface area (TPSA) is 16.1 Å². The summed E-state index contributed by atoms with van der Waals surface area (Å²) in [7, 11) is 2.31. The Kier molecular flexibility index (Phi) is 7.88. The minimum absolute atomic E-state index is 0.489. The van der Waals surface area contributed by atoms with Crippen molar-refractivity contribution in [2.75, 3.05) is 7.05 Å². The molecule has 1 heterocycles. The molecule has 2 heteroatoms. The van der Waals surface area contributed by atoms with Crippen molar-refractivity contribution >= 4 is 0 Å². The second-order valence-corrected chi connectivity index (χ2v) is 10.5. The van der Waals surface area contributed by atoms with Gasteiger partial charge in [-0.15, -0.1) is 0 Å². The van der Waals surface area contributed by atoms with Crippen LogP contribution in [0.25, 0.3) is 11.3 Å². The van der Waals surface area contributed by atoms with Gasteiger partial charge in [-0.05, 0) is 97.9 Å². The van der Waals surface area contributed by atoms with Crippen molar-refractivity contribution in [3.05, 3.63) is 87.6 Å². The maximum absolute atomic E-state index is 5.24. The molecule has 0 unspecified atom stereocenters. The number of hydrogen-bond donors (Lipinski definition) is 0. The van der Waals surface area contributed by atoms with E-state index in [0.717, 1.165) is 31.5 Å². The Bertz CT molecular complexity index is 1110. The Morgan fingerprint density at radius 3 is 2.35 bits per heavy atom. The fourth-order valence-corrected chi connectivity index (χ4v) is 5.85. The summed E-state index contributed by atoms with van der Waals surface area (Å²) in [6, 6.07) is 18.7. The molecule has 0 saturated heterocycles. The van der Waals surface area contributed by atoms with Crippen LogP contribution in [-0.2, 0) is 32.2 Å². The molecule has 0 aliphatic heterocycles. The Morgan fingerprint density at radius 1 is 0.971 bits per heavy atom. The van der Waals surface area contributed by atoms with Gasteiger partial charge in [0.25, 0.3) is 0 Å². The third-order valence-electron chi connectivity index (χ3n) is 7.58. The van der Waals surface area contributed by atoms with Gasteiger partial charge in [-0.25, -0.2) is 0 Å². The molecule has 1 aliphatic rings. The highest BCUT2D eigenvalue weighted by Gasteiger charge is 2.25. The van der Waals surface area contributed by atoms with Crippen LogP contribution < -0.4 is 0 Å². The highest BCUT2D eigenvalue weighted by atomic mass is 15.1. The first-order chi connectivity index (χ1) is 16.4. The van der Waals surface area contributed by atoms with Crippen molar-refractivity contribution in [1.29, 1.82) is 0 Å². The fraction of sp³-hybridized carbons (Fsp3) is 0.469. The zero-order valence-electron chi connectivity index (χ0n) is 22.1. The van der Waals surface area contributed by atoms with E-state index in [1.54, 1.807) is 0 Å². The first-order valence-corrected chi connectivity index (χ1v) is 13.3. The minimum Gasteiger partial charge on any atom is -0.295 e. The fourth-order valence-electron chi connectivity index (χ4n) is 5.85. The zero-order chi connectivity index (χ0) is 24.2. The highest BCUT2D eigenvalue weighted by Crippen LogP contribution is 2.36. The monoisotopic (exact) mass is 454 g/mol. The molecule has 1 aliphatic carbocycles. The molecule has 2 aromatic carbocycles. The largest absolute Gasteiger partial charge is 0.295 e.